The highest BCUT2D eigenvalue weighted by atomic mass is 32.2. The number of hydrogen-bond acceptors (Lipinski definition) is 4. The van der Waals surface area contributed by atoms with E-state index in [2.05, 4.69) is 17.3 Å². The zero-order valence-corrected chi connectivity index (χ0v) is 14.7. The molecule has 1 aliphatic heterocycles. The topological polar surface area (TPSA) is 67.2 Å². The largest absolute Gasteiger partial charge is 0.308 e. The summed E-state index contributed by atoms with van der Waals surface area (Å²) in [7, 11) is -3.32. The Labute approximate surface area is 143 Å². The SMILES string of the molecule is CC(Cn1cccn1)NCc1ccc(S(=O)(=O)N2CCCC2)cc1. The highest BCUT2D eigenvalue weighted by Crippen LogP contribution is 2.21. The van der Waals surface area contributed by atoms with Crippen LogP contribution in [0.5, 0.6) is 0 Å². The number of nitrogens with one attached hydrogen (secondary N) is 1. The molecule has 3 rings (SSSR count). The lowest BCUT2D eigenvalue weighted by molar-refractivity contribution is 0.450. The molecule has 1 N–H and O–H groups in total. The van der Waals surface area contributed by atoms with E-state index >= 15 is 0 Å². The summed E-state index contributed by atoms with van der Waals surface area (Å²) in [5, 5.41) is 7.62. The Bertz CT molecular complexity index is 735. The van der Waals surface area contributed by atoms with E-state index in [1.54, 1.807) is 22.6 Å². The maximum absolute atomic E-state index is 12.5. The molecule has 24 heavy (non-hydrogen) atoms. The molecule has 1 atom stereocenters. The molecular formula is C17H24N4O2S. The number of nitrogens with zero attached hydrogens (tertiary/aromatic N) is 3. The van der Waals surface area contributed by atoms with Gasteiger partial charge in [-0.3, -0.25) is 4.68 Å². The molecule has 6 nitrogen and oxygen atoms in total. The average Bonchev–Trinajstić information content (AvgIpc) is 3.27. The van der Waals surface area contributed by atoms with E-state index in [-0.39, 0.29) is 6.04 Å². The second-order valence-electron chi connectivity index (χ2n) is 6.27. The van der Waals surface area contributed by atoms with Crippen LogP contribution in [0.2, 0.25) is 0 Å². The van der Waals surface area contributed by atoms with Gasteiger partial charge in [-0.05, 0) is 43.5 Å². The molecule has 1 fully saturated rings. The Kier molecular flexibility index (Phi) is 5.33. The van der Waals surface area contributed by atoms with Gasteiger partial charge in [-0.25, -0.2) is 8.42 Å². The van der Waals surface area contributed by atoms with E-state index < -0.39 is 10.0 Å². The number of rotatable bonds is 7. The van der Waals surface area contributed by atoms with Gasteiger partial charge in [0.15, 0.2) is 0 Å². The fourth-order valence-electron chi connectivity index (χ4n) is 2.90. The van der Waals surface area contributed by atoms with Crippen LogP contribution < -0.4 is 5.32 Å². The van der Waals surface area contributed by atoms with E-state index in [4.69, 9.17) is 0 Å². The van der Waals surface area contributed by atoms with E-state index in [1.165, 1.54) is 0 Å². The molecule has 1 unspecified atom stereocenters. The highest BCUT2D eigenvalue weighted by molar-refractivity contribution is 7.89. The van der Waals surface area contributed by atoms with Crippen molar-refractivity contribution >= 4 is 10.0 Å². The van der Waals surface area contributed by atoms with Crippen LogP contribution in [0.1, 0.15) is 25.3 Å². The van der Waals surface area contributed by atoms with Gasteiger partial charge in [-0.1, -0.05) is 12.1 Å². The molecule has 130 valence electrons. The molecular weight excluding hydrogens is 324 g/mol. The maximum atomic E-state index is 12.5. The van der Waals surface area contributed by atoms with Gasteiger partial charge in [0.25, 0.3) is 0 Å². The molecule has 1 aromatic heterocycles. The third kappa shape index (κ3) is 4.03. The van der Waals surface area contributed by atoms with Gasteiger partial charge < -0.3 is 5.32 Å². The third-order valence-corrected chi connectivity index (χ3v) is 6.21. The molecule has 0 saturated carbocycles. The van der Waals surface area contributed by atoms with E-state index in [0.29, 0.717) is 24.5 Å². The van der Waals surface area contributed by atoms with Gasteiger partial charge in [0.05, 0.1) is 11.4 Å². The van der Waals surface area contributed by atoms with Gasteiger partial charge >= 0.3 is 0 Å². The highest BCUT2D eigenvalue weighted by Gasteiger charge is 2.26. The van der Waals surface area contributed by atoms with Crippen LogP contribution in [-0.2, 0) is 23.1 Å². The minimum atomic E-state index is -3.32. The molecule has 0 spiro atoms. The molecule has 0 aliphatic carbocycles. The normalized spacial score (nSPS) is 17.2. The van der Waals surface area contributed by atoms with Crippen LogP contribution in [0.3, 0.4) is 0 Å². The van der Waals surface area contributed by atoms with Crippen molar-refractivity contribution in [2.24, 2.45) is 0 Å². The van der Waals surface area contributed by atoms with Crippen LogP contribution >= 0.6 is 0 Å². The van der Waals surface area contributed by atoms with Crippen LogP contribution in [-0.4, -0.2) is 41.6 Å². The van der Waals surface area contributed by atoms with E-state index in [9.17, 15) is 8.42 Å². The number of benzene rings is 1. The molecule has 2 heterocycles. The Hall–Kier alpha value is -1.70. The smallest absolute Gasteiger partial charge is 0.243 e. The number of hydrogen-bond donors (Lipinski definition) is 1. The van der Waals surface area contributed by atoms with Crippen LogP contribution in [0, 0.1) is 0 Å². The molecule has 7 heteroatoms. The second-order valence-corrected chi connectivity index (χ2v) is 8.20. The van der Waals surface area contributed by atoms with E-state index in [1.807, 2.05) is 29.1 Å². The summed E-state index contributed by atoms with van der Waals surface area (Å²) in [4.78, 5) is 0.387. The fourth-order valence-corrected chi connectivity index (χ4v) is 4.42. The Morgan fingerprint density at radius 2 is 1.92 bits per heavy atom. The van der Waals surface area contributed by atoms with Gasteiger partial charge in [0.2, 0.25) is 10.0 Å². The van der Waals surface area contributed by atoms with Crippen molar-refractivity contribution in [2.75, 3.05) is 13.1 Å². The van der Waals surface area contributed by atoms with Crippen molar-refractivity contribution in [3.05, 3.63) is 48.3 Å². The number of sulfonamides is 1. The van der Waals surface area contributed by atoms with Gasteiger partial charge in [0, 0.05) is 38.1 Å². The molecule has 0 radical (unpaired) electrons. The lowest BCUT2D eigenvalue weighted by atomic mass is 10.2. The molecule has 0 bridgehead atoms. The lowest BCUT2D eigenvalue weighted by Crippen LogP contribution is -2.30. The third-order valence-electron chi connectivity index (χ3n) is 4.30. The fraction of sp³-hybridized carbons (Fsp3) is 0.471. The predicted molar refractivity (Wildman–Crippen MR) is 93.0 cm³/mol. The zero-order valence-electron chi connectivity index (χ0n) is 13.9. The summed E-state index contributed by atoms with van der Waals surface area (Å²) >= 11 is 0. The molecule has 1 saturated heterocycles. The standard InChI is InChI=1S/C17H24N4O2S/c1-15(14-20-10-4-9-19-20)18-13-16-5-7-17(8-6-16)24(22,23)21-11-2-3-12-21/h4-10,15,18H,2-3,11-14H2,1H3. The quantitative estimate of drug-likeness (QED) is 0.829. The zero-order chi connectivity index (χ0) is 17.0. The Morgan fingerprint density at radius 3 is 2.54 bits per heavy atom. The van der Waals surface area contributed by atoms with Crippen LogP contribution in [0.15, 0.2) is 47.6 Å². The summed E-state index contributed by atoms with van der Waals surface area (Å²) in [6.07, 6.45) is 5.62. The summed E-state index contributed by atoms with van der Waals surface area (Å²) < 4.78 is 28.4. The molecule has 0 amide bonds. The molecule has 1 aromatic carbocycles. The predicted octanol–water partition coefficient (Wildman–Crippen LogP) is 1.85. The first kappa shape index (κ1) is 17.1. The first-order valence-electron chi connectivity index (χ1n) is 8.35. The van der Waals surface area contributed by atoms with E-state index in [0.717, 1.165) is 24.9 Å². The van der Waals surface area contributed by atoms with Gasteiger partial charge in [0.1, 0.15) is 0 Å². The monoisotopic (exact) mass is 348 g/mol. The Morgan fingerprint density at radius 1 is 1.21 bits per heavy atom. The lowest BCUT2D eigenvalue weighted by Gasteiger charge is -2.16. The Balaban J connectivity index is 1.56. The first-order valence-corrected chi connectivity index (χ1v) is 9.79. The van der Waals surface area contributed by atoms with Crippen molar-refractivity contribution in [1.82, 2.24) is 19.4 Å². The average molecular weight is 348 g/mol. The second kappa shape index (κ2) is 7.46. The van der Waals surface area contributed by atoms with Gasteiger partial charge in [-0.2, -0.15) is 9.40 Å². The molecule has 1 aliphatic rings. The summed E-state index contributed by atoms with van der Waals surface area (Å²) in [5.74, 6) is 0. The van der Waals surface area contributed by atoms with Crippen molar-refractivity contribution < 1.29 is 8.42 Å². The minimum Gasteiger partial charge on any atom is -0.308 e. The van der Waals surface area contributed by atoms with Gasteiger partial charge in [-0.15, -0.1) is 0 Å². The van der Waals surface area contributed by atoms with Crippen LogP contribution in [0.4, 0.5) is 0 Å². The van der Waals surface area contributed by atoms with Crippen molar-refractivity contribution in [1.29, 1.82) is 0 Å². The van der Waals surface area contributed by atoms with Crippen LogP contribution in [0.25, 0.3) is 0 Å². The summed E-state index contributed by atoms with van der Waals surface area (Å²) in [6.45, 7) is 4.88. The first-order chi connectivity index (χ1) is 11.6. The minimum absolute atomic E-state index is 0.276. The molecule has 2 aromatic rings. The summed E-state index contributed by atoms with van der Waals surface area (Å²) in [6, 6.07) is 9.38. The summed E-state index contributed by atoms with van der Waals surface area (Å²) in [5.41, 5.74) is 1.07. The van der Waals surface area contributed by atoms with Crippen molar-refractivity contribution in [3.63, 3.8) is 0 Å². The van der Waals surface area contributed by atoms with Crippen molar-refractivity contribution in [3.8, 4) is 0 Å². The maximum Gasteiger partial charge on any atom is 0.243 e. The number of aromatic nitrogens is 2. The van der Waals surface area contributed by atoms with Crippen molar-refractivity contribution in [2.45, 2.75) is 43.8 Å².